The third-order valence-corrected chi connectivity index (χ3v) is 1.54. The van der Waals surface area contributed by atoms with Gasteiger partial charge < -0.3 is 19.7 Å². The minimum atomic E-state index is 0.121. The molecule has 0 aromatic carbocycles. The average molecular weight is 264 g/mol. The van der Waals surface area contributed by atoms with Crippen molar-refractivity contribution in [3.05, 3.63) is 0 Å². The molecule has 0 heterocycles. The van der Waals surface area contributed by atoms with Gasteiger partial charge in [0.2, 0.25) is 0 Å². The second kappa shape index (κ2) is 10.7. The summed E-state index contributed by atoms with van der Waals surface area (Å²) in [5, 5.41) is 16.7. The lowest BCUT2D eigenvalue weighted by Crippen LogP contribution is -2.15. The highest BCUT2D eigenvalue weighted by atomic mass is 16.5. The highest BCUT2D eigenvalue weighted by Gasteiger charge is 2.09. The molecule has 0 rings (SSSR count). The Labute approximate surface area is 112 Å². The van der Waals surface area contributed by atoms with E-state index in [4.69, 9.17) is 19.7 Å². The molecular weight excluding hydrogens is 232 g/mol. The van der Waals surface area contributed by atoms with Crippen LogP contribution in [0.1, 0.15) is 41.5 Å². The zero-order chi connectivity index (χ0) is 14.7. The van der Waals surface area contributed by atoms with E-state index < -0.39 is 0 Å². The normalized spacial score (nSPS) is 12.0. The summed E-state index contributed by atoms with van der Waals surface area (Å²) in [4.78, 5) is 0. The van der Waals surface area contributed by atoms with E-state index in [2.05, 4.69) is 41.5 Å². The van der Waals surface area contributed by atoms with Crippen molar-refractivity contribution in [2.75, 3.05) is 39.6 Å². The molecule has 2 N–H and O–H groups in total. The first-order valence-electron chi connectivity index (χ1n) is 6.49. The van der Waals surface area contributed by atoms with Crippen molar-refractivity contribution in [1.82, 2.24) is 0 Å². The van der Waals surface area contributed by atoms with Crippen LogP contribution in [0.25, 0.3) is 0 Å². The fraction of sp³-hybridized carbons (Fsp3) is 1.00. The second-order valence-electron chi connectivity index (χ2n) is 6.67. The van der Waals surface area contributed by atoms with Gasteiger partial charge in [-0.3, -0.25) is 0 Å². The van der Waals surface area contributed by atoms with Gasteiger partial charge >= 0.3 is 0 Å². The zero-order valence-electron chi connectivity index (χ0n) is 13.0. The van der Waals surface area contributed by atoms with Gasteiger partial charge in [-0.15, -0.1) is 0 Å². The molecule has 18 heavy (non-hydrogen) atoms. The topological polar surface area (TPSA) is 58.9 Å². The van der Waals surface area contributed by atoms with Gasteiger partial charge in [-0.2, -0.15) is 0 Å². The van der Waals surface area contributed by atoms with Gasteiger partial charge in [0.05, 0.1) is 39.6 Å². The van der Waals surface area contributed by atoms with E-state index in [9.17, 15) is 0 Å². The van der Waals surface area contributed by atoms with Crippen molar-refractivity contribution in [3.8, 4) is 0 Å². The summed E-state index contributed by atoms with van der Waals surface area (Å²) in [5.41, 5.74) is 0.435. The maximum absolute atomic E-state index is 8.34. The molecule has 0 saturated carbocycles. The van der Waals surface area contributed by atoms with Crippen molar-refractivity contribution >= 4 is 0 Å². The molecule has 0 saturated heterocycles. The Hall–Kier alpha value is -0.160. The lowest BCUT2D eigenvalue weighted by molar-refractivity contribution is 0.0463. The molecule has 0 aliphatic rings. The first-order chi connectivity index (χ1) is 8.12. The summed E-state index contributed by atoms with van der Waals surface area (Å²) in [5.74, 6) is 0. The molecule has 4 nitrogen and oxygen atoms in total. The van der Waals surface area contributed by atoms with Gasteiger partial charge in [-0.1, -0.05) is 41.5 Å². The van der Waals surface area contributed by atoms with Crippen LogP contribution in [-0.4, -0.2) is 49.9 Å². The smallest absolute Gasteiger partial charge is 0.0697 e. The molecule has 0 amide bonds. The van der Waals surface area contributed by atoms with Gasteiger partial charge in [0.25, 0.3) is 0 Å². The lowest BCUT2D eigenvalue weighted by atomic mass is 9.99. The Morgan fingerprint density at radius 1 is 0.667 bits per heavy atom. The maximum Gasteiger partial charge on any atom is 0.0697 e. The number of rotatable bonds is 6. The summed E-state index contributed by atoms with van der Waals surface area (Å²) in [6, 6.07) is 0. The number of aliphatic hydroxyl groups is 2. The standard InChI is InChI=1S/2C7H16O2/c2*1-7(2,3)6-9-5-4-8/h2*8H,4-6H2,1-3H3. The summed E-state index contributed by atoms with van der Waals surface area (Å²) in [7, 11) is 0. The van der Waals surface area contributed by atoms with E-state index >= 15 is 0 Å². The van der Waals surface area contributed by atoms with Crippen LogP contribution in [0, 0.1) is 10.8 Å². The molecule has 4 heteroatoms. The fourth-order valence-corrected chi connectivity index (χ4v) is 0.886. The molecule has 0 bridgehead atoms. The molecule has 0 spiro atoms. The van der Waals surface area contributed by atoms with E-state index in [0.717, 1.165) is 0 Å². The first kappa shape index (κ1) is 20.2. The van der Waals surface area contributed by atoms with Gasteiger partial charge in [-0.25, -0.2) is 0 Å². The first-order valence-corrected chi connectivity index (χ1v) is 6.49. The average Bonchev–Trinajstić information content (AvgIpc) is 2.16. The van der Waals surface area contributed by atoms with Crippen LogP contribution in [-0.2, 0) is 9.47 Å². The van der Waals surface area contributed by atoms with Crippen molar-refractivity contribution in [3.63, 3.8) is 0 Å². The van der Waals surface area contributed by atoms with E-state index in [-0.39, 0.29) is 24.0 Å². The van der Waals surface area contributed by atoms with E-state index in [1.165, 1.54) is 0 Å². The summed E-state index contributed by atoms with van der Waals surface area (Å²) in [6.07, 6.45) is 0. The Morgan fingerprint density at radius 3 is 1.11 bits per heavy atom. The number of hydrogen-bond acceptors (Lipinski definition) is 4. The molecule has 0 aromatic heterocycles. The van der Waals surface area contributed by atoms with Crippen molar-refractivity contribution in [2.45, 2.75) is 41.5 Å². The molecule has 0 radical (unpaired) electrons. The van der Waals surface area contributed by atoms with Gasteiger partial charge in [-0.05, 0) is 10.8 Å². The van der Waals surface area contributed by atoms with E-state index in [1.807, 2.05) is 0 Å². The van der Waals surface area contributed by atoms with Crippen LogP contribution in [0.5, 0.6) is 0 Å². The largest absolute Gasteiger partial charge is 0.394 e. The number of hydrogen-bond donors (Lipinski definition) is 2. The van der Waals surface area contributed by atoms with Crippen molar-refractivity contribution < 1.29 is 19.7 Å². The molecule has 0 fully saturated rings. The van der Waals surface area contributed by atoms with Gasteiger partial charge in [0.15, 0.2) is 0 Å². The predicted molar refractivity (Wildman–Crippen MR) is 74.7 cm³/mol. The minimum absolute atomic E-state index is 0.121. The quantitative estimate of drug-likeness (QED) is 0.721. The molecular formula is C14H32O4. The van der Waals surface area contributed by atoms with Crippen LogP contribution >= 0.6 is 0 Å². The van der Waals surface area contributed by atoms with E-state index in [1.54, 1.807) is 0 Å². The highest BCUT2D eigenvalue weighted by Crippen LogP contribution is 2.12. The van der Waals surface area contributed by atoms with E-state index in [0.29, 0.717) is 26.4 Å². The number of aliphatic hydroxyl groups excluding tert-OH is 2. The van der Waals surface area contributed by atoms with Crippen LogP contribution < -0.4 is 0 Å². The highest BCUT2D eigenvalue weighted by molar-refractivity contribution is 4.58. The Balaban J connectivity index is 0. The van der Waals surface area contributed by atoms with Crippen LogP contribution in [0.4, 0.5) is 0 Å². The Morgan fingerprint density at radius 2 is 0.944 bits per heavy atom. The van der Waals surface area contributed by atoms with Crippen molar-refractivity contribution in [1.29, 1.82) is 0 Å². The molecule has 112 valence electrons. The Bertz CT molecular complexity index is 148. The monoisotopic (exact) mass is 264 g/mol. The molecule has 0 unspecified atom stereocenters. The summed E-state index contributed by atoms with van der Waals surface area (Å²) >= 11 is 0. The van der Waals surface area contributed by atoms with Gasteiger partial charge in [0, 0.05) is 0 Å². The molecule has 0 atom stereocenters. The predicted octanol–water partition coefficient (Wildman–Crippen LogP) is 2.08. The van der Waals surface area contributed by atoms with Crippen molar-refractivity contribution in [2.24, 2.45) is 10.8 Å². The SMILES string of the molecule is CC(C)(C)COCCO.CC(C)(C)COCCO. The maximum atomic E-state index is 8.34. The molecule has 0 aliphatic heterocycles. The van der Waals surface area contributed by atoms with Gasteiger partial charge in [0.1, 0.15) is 0 Å². The third-order valence-electron chi connectivity index (χ3n) is 1.54. The van der Waals surface area contributed by atoms with Crippen LogP contribution in [0.15, 0.2) is 0 Å². The minimum Gasteiger partial charge on any atom is -0.394 e. The fourth-order valence-electron chi connectivity index (χ4n) is 0.886. The summed E-state index contributed by atoms with van der Waals surface area (Å²) in [6.45, 7) is 15.2. The number of ether oxygens (including phenoxy) is 2. The Kier molecular flexibility index (Phi) is 12.0. The molecule has 0 aliphatic carbocycles. The molecule has 0 aromatic rings. The third kappa shape index (κ3) is 24.9. The van der Waals surface area contributed by atoms with Crippen LogP contribution in [0.3, 0.4) is 0 Å². The van der Waals surface area contributed by atoms with Crippen LogP contribution in [0.2, 0.25) is 0 Å². The lowest BCUT2D eigenvalue weighted by Gasteiger charge is -2.17. The summed E-state index contributed by atoms with van der Waals surface area (Å²) < 4.78 is 10.2. The second-order valence-corrected chi connectivity index (χ2v) is 6.67. The zero-order valence-corrected chi connectivity index (χ0v) is 13.0.